The highest BCUT2D eigenvalue weighted by molar-refractivity contribution is 5.96. The van der Waals surface area contributed by atoms with Crippen LogP contribution in [0.25, 0.3) is 0 Å². The lowest BCUT2D eigenvalue weighted by Crippen LogP contribution is -2.38. The smallest absolute Gasteiger partial charge is 0.323 e. The molecule has 22 heavy (non-hydrogen) atoms. The highest BCUT2D eigenvalue weighted by Gasteiger charge is 2.20. The van der Waals surface area contributed by atoms with Gasteiger partial charge >= 0.3 is 5.97 Å². The SMILES string of the molecule is CCOc1ccc(C(=O)N(CCOC)CC(=O)O)cc1OC. The van der Waals surface area contributed by atoms with Gasteiger partial charge in [0, 0.05) is 19.2 Å². The number of carbonyl (C=O) groups is 2. The van der Waals surface area contributed by atoms with Crippen LogP contribution in [0.3, 0.4) is 0 Å². The van der Waals surface area contributed by atoms with E-state index in [-0.39, 0.29) is 13.2 Å². The molecular weight excluding hydrogens is 290 g/mol. The number of benzene rings is 1. The molecule has 1 rings (SSSR count). The summed E-state index contributed by atoms with van der Waals surface area (Å²) in [6.07, 6.45) is 0. The highest BCUT2D eigenvalue weighted by atomic mass is 16.5. The van der Waals surface area contributed by atoms with E-state index in [9.17, 15) is 9.59 Å². The van der Waals surface area contributed by atoms with Gasteiger partial charge in [-0.25, -0.2) is 0 Å². The topological polar surface area (TPSA) is 85.3 Å². The summed E-state index contributed by atoms with van der Waals surface area (Å²) in [5, 5.41) is 8.91. The Morgan fingerprint density at radius 1 is 1.23 bits per heavy atom. The van der Waals surface area contributed by atoms with Crippen LogP contribution in [-0.2, 0) is 9.53 Å². The Hall–Kier alpha value is -2.28. The van der Waals surface area contributed by atoms with Crippen molar-refractivity contribution >= 4 is 11.9 Å². The molecule has 0 unspecified atom stereocenters. The van der Waals surface area contributed by atoms with Crippen LogP contribution in [0.15, 0.2) is 18.2 Å². The first kappa shape index (κ1) is 17.8. The molecule has 0 heterocycles. The van der Waals surface area contributed by atoms with Gasteiger partial charge < -0.3 is 24.2 Å². The molecule has 0 aromatic heterocycles. The molecular formula is C15H21NO6. The van der Waals surface area contributed by atoms with Gasteiger partial charge in [-0.3, -0.25) is 9.59 Å². The van der Waals surface area contributed by atoms with E-state index < -0.39 is 18.4 Å². The van der Waals surface area contributed by atoms with Gasteiger partial charge in [0.15, 0.2) is 11.5 Å². The summed E-state index contributed by atoms with van der Waals surface area (Å²) in [6.45, 7) is 2.38. The van der Waals surface area contributed by atoms with E-state index in [1.165, 1.54) is 25.2 Å². The van der Waals surface area contributed by atoms with Gasteiger partial charge in [0.25, 0.3) is 5.91 Å². The van der Waals surface area contributed by atoms with Crippen molar-refractivity contribution in [3.63, 3.8) is 0 Å². The van der Waals surface area contributed by atoms with Gasteiger partial charge in [-0.05, 0) is 25.1 Å². The summed E-state index contributed by atoms with van der Waals surface area (Å²) < 4.78 is 15.5. The lowest BCUT2D eigenvalue weighted by atomic mass is 10.1. The first-order valence-electron chi connectivity index (χ1n) is 6.84. The number of rotatable bonds is 9. The lowest BCUT2D eigenvalue weighted by Gasteiger charge is -2.21. The Morgan fingerprint density at radius 2 is 1.95 bits per heavy atom. The monoisotopic (exact) mass is 311 g/mol. The van der Waals surface area contributed by atoms with Crippen LogP contribution < -0.4 is 9.47 Å². The van der Waals surface area contributed by atoms with Crippen LogP contribution in [-0.4, -0.2) is 62.4 Å². The standard InChI is InChI=1S/C15H21NO6/c1-4-22-12-6-5-11(9-13(12)21-3)15(19)16(7-8-20-2)10-14(17)18/h5-6,9H,4,7-8,10H2,1-3H3,(H,17,18). The fraction of sp³-hybridized carbons (Fsp3) is 0.467. The number of amides is 1. The molecule has 0 aliphatic rings. The number of nitrogens with zero attached hydrogens (tertiary/aromatic N) is 1. The first-order valence-corrected chi connectivity index (χ1v) is 6.84. The van der Waals surface area contributed by atoms with Crippen molar-refractivity contribution in [1.82, 2.24) is 4.90 Å². The van der Waals surface area contributed by atoms with Gasteiger partial charge in [0.05, 0.1) is 20.3 Å². The van der Waals surface area contributed by atoms with E-state index in [4.69, 9.17) is 19.3 Å². The molecule has 0 fully saturated rings. The molecule has 7 nitrogen and oxygen atoms in total. The summed E-state index contributed by atoms with van der Waals surface area (Å²) >= 11 is 0. The third kappa shape index (κ3) is 4.92. The Balaban J connectivity index is 2.99. The molecule has 7 heteroatoms. The van der Waals surface area contributed by atoms with Gasteiger partial charge in [-0.2, -0.15) is 0 Å². The average Bonchev–Trinajstić information content (AvgIpc) is 2.51. The third-order valence-electron chi connectivity index (χ3n) is 2.89. The summed E-state index contributed by atoms with van der Waals surface area (Å²) in [5.41, 5.74) is 0.331. The molecule has 1 N–H and O–H groups in total. The Bertz CT molecular complexity index is 517. The second kappa shape index (κ2) is 8.89. The first-order chi connectivity index (χ1) is 10.5. The van der Waals surface area contributed by atoms with Crippen molar-refractivity contribution < 1.29 is 28.9 Å². The van der Waals surface area contributed by atoms with Crippen LogP contribution in [0.5, 0.6) is 11.5 Å². The van der Waals surface area contributed by atoms with E-state index in [2.05, 4.69) is 0 Å². The molecule has 1 amide bonds. The maximum atomic E-state index is 12.4. The van der Waals surface area contributed by atoms with Gasteiger partial charge in [0.2, 0.25) is 0 Å². The number of carboxylic acids is 1. The molecule has 122 valence electrons. The highest BCUT2D eigenvalue weighted by Crippen LogP contribution is 2.28. The molecule has 0 radical (unpaired) electrons. The van der Waals surface area contributed by atoms with Crippen LogP contribution in [0, 0.1) is 0 Å². The number of hydrogen-bond acceptors (Lipinski definition) is 5. The second-order valence-electron chi connectivity index (χ2n) is 4.41. The predicted octanol–water partition coefficient (Wildman–Crippen LogP) is 1.27. The summed E-state index contributed by atoms with van der Waals surface area (Å²) in [5.74, 6) is -0.527. The predicted molar refractivity (Wildman–Crippen MR) is 79.6 cm³/mol. The van der Waals surface area contributed by atoms with Crippen molar-refractivity contribution in [2.45, 2.75) is 6.92 Å². The summed E-state index contributed by atoms with van der Waals surface area (Å²) in [6, 6.07) is 4.75. The maximum absolute atomic E-state index is 12.4. The molecule has 0 aliphatic heterocycles. The molecule has 0 bridgehead atoms. The number of carbonyl (C=O) groups excluding carboxylic acids is 1. The van der Waals surface area contributed by atoms with Crippen LogP contribution in [0.1, 0.15) is 17.3 Å². The van der Waals surface area contributed by atoms with Crippen LogP contribution >= 0.6 is 0 Å². The number of aliphatic carboxylic acids is 1. The van der Waals surface area contributed by atoms with E-state index in [1.54, 1.807) is 12.1 Å². The molecule has 0 saturated carbocycles. The fourth-order valence-corrected chi connectivity index (χ4v) is 1.88. The van der Waals surface area contributed by atoms with Crippen molar-refractivity contribution in [3.8, 4) is 11.5 Å². The zero-order valence-corrected chi connectivity index (χ0v) is 13.0. The fourth-order valence-electron chi connectivity index (χ4n) is 1.88. The maximum Gasteiger partial charge on any atom is 0.323 e. The van der Waals surface area contributed by atoms with E-state index in [1.807, 2.05) is 6.92 Å². The lowest BCUT2D eigenvalue weighted by molar-refractivity contribution is -0.137. The zero-order chi connectivity index (χ0) is 16.5. The summed E-state index contributed by atoms with van der Waals surface area (Å²) in [7, 11) is 2.97. The van der Waals surface area contributed by atoms with Gasteiger partial charge in [-0.15, -0.1) is 0 Å². The van der Waals surface area contributed by atoms with Gasteiger partial charge in [-0.1, -0.05) is 0 Å². The summed E-state index contributed by atoms with van der Waals surface area (Å²) in [4.78, 5) is 24.5. The molecule has 1 aromatic carbocycles. The second-order valence-corrected chi connectivity index (χ2v) is 4.41. The molecule has 0 saturated heterocycles. The third-order valence-corrected chi connectivity index (χ3v) is 2.89. The molecule has 0 aliphatic carbocycles. The van der Waals surface area contributed by atoms with E-state index in [0.717, 1.165) is 0 Å². The van der Waals surface area contributed by atoms with Crippen molar-refractivity contribution in [1.29, 1.82) is 0 Å². The van der Waals surface area contributed by atoms with Crippen LogP contribution in [0.4, 0.5) is 0 Å². The molecule has 0 atom stereocenters. The van der Waals surface area contributed by atoms with E-state index in [0.29, 0.717) is 23.7 Å². The minimum atomic E-state index is -1.08. The van der Waals surface area contributed by atoms with Crippen molar-refractivity contribution in [2.75, 3.05) is 40.5 Å². The number of methoxy groups -OCH3 is 2. The normalized spacial score (nSPS) is 10.1. The van der Waals surface area contributed by atoms with Crippen LogP contribution in [0.2, 0.25) is 0 Å². The quantitative estimate of drug-likeness (QED) is 0.739. The Morgan fingerprint density at radius 3 is 2.50 bits per heavy atom. The minimum absolute atomic E-state index is 0.192. The zero-order valence-electron chi connectivity index (χ0n) is 13.0. The Labute approximate surface area is 129 Å². The van der Waals surface area contributed by atoms with Gasteiger partial charge in [0.1, 0.15) is 6.54 Å². The number of carboxylic acid groups (broad SMARTS) is 1. The number of hydrogen-bond donors (Lipinski definition) is 1. The van der Waals surface area contributed by atoms with Crippen molar-refractivity contribution in [3.05, 3.63) is 23.8 Å². The number of ether oxygens (including phenoxy) is 3. The Kier molecular flexibility index (Phi) is 7.18. The molecule has 1 aromatic rings. The molecule has 0 spiro atoms. The van der Waals surface area contributed by atoms with E-state index >= 15 is 0 Å². The minimum Gasteiger partial charge on any atom is -0.493 e. The van der Waals surface area contributed by atoms with Crippen molar-refractivity contribution in [2.24, 2.45) is 0 Å². The largest absolute Gasteiger partial charge is 0.493 e. The average molecular weight is 311 g/mol.